The third-order valence-corrected chi connectivity index (χ3v) is 2.29. The van der Waals surface area contributed by atoms with Crippen LogP contribution in [-0.4, -0.2) is 17.3 Å². The number of hydrogen-bond acceptors (Lipinski definition) is 5. The second kappa shape index (κ2) is 4.25. The number of nitrogen functional groups attached to an aromatic ring is 2. The monoisotopic (exact) mass is 234 g/mol. The summed E-state index contributed by atoms with van der Waals surface area (Å²) in [5.74, 6) is 0.477. The van der Waals surface area contributed by atoms with Gasteiger partial charge in [-0.2, -0.15) is 0 Å². The minimum absolute atomic E-state index is 0.170. The number of halogens is 1. The van der Waals surface area contributed by atoms with Crippen molar-refractivity contribution in [2.45, 2.75) is 0 Å². The van der Waals surface area contributed by atoms with Gasteiger partial charge in [0, 0.05) is 11.1 Å². The van der Waals surface area contributed by atoms with Crippen LogP contribution in [0.2, 0.25) is 0 Å². The zero-order chi connectivity index (χ0) is 12.4. The third kappa shape index (κ3) is 2.10. The maximum atomic E-state index is 13.2. The number of anilines is 2. The van der Waals surface area contributed by atoms with Crippen LogP contribution in [0.3, 0.4) is 0 Å². The highest BCUT2D eigenvalue weighted by atomic mass is 19.1. The van der Waals surface area contributed by atoms with Crippen LogP contribution in [0.15, 0.2) is 24.3 Å². The summed E-state index contributed by atoms with van der Waals surface area (Å²) < 4.78 is 18.4. The van der Waals surface area contributed by atoms with Crippen LogP contribution in [0.5, 0.6) is 5.75 Å². The van der Waals surface area contributed by atoms with Crippen molar-refractivity contribution in [2.75, 3.05) is 18.6 Å². The van der Waals surface area contributed by atoms with E-state index in [0.717, 1.165) is 0 Å². The first-order valence-electron chi connectivity index (χ1n) is 4.84. The van der Waals surface area contributed by atoms with Crippen molar-refractivity contribution in [1.29, 1.82) is 0 Å². The van der Waals surface area contributed by atoms with Crippen molar-refractivity contribution < 1.29 is 9.13 Å². The molecule has 0 amide bonds. The van der Waals surface area contributed by atoms with Gasteiger partial charge in [0.15, 0.2) is 5.82 Å². The molecule has 0 aliphatic heterocycles. The van der Waals surface area contributed by atoms with Gasteiger partial charge in [0.25, 0.3) is 0 Å². The molecular formula is C11H11FN4O. The molecule has 0 aliphatic rings. The Morgan fingerprint density at radius 2 is 1.88 bits per heavy atom. The molecule has 0 fully saturated rings. The molecule has 0 spiro atoms. The number of nitrogens with zero attached hydrogens (tertiary/aromatic N) is 2. The highest BCUT2D eigenvalue weighted by Crippen LogP contribution is 2.33. The normalized spacial score (nSPS) is 10.2. The molecule has 0 aliphatic carbocycles. The van der Waals surface area contributed by atoms with Gasteiger partial charge in [0.2, 0.25) is 0 Å². The lowest BCUT2D eigenvalue weighted by atomic mass is 10.1. The Morgan fingerprint density at radius 3 is 2.59 bits per heavy atom. The number of nitrogens with two attached hydrogens (primary N) is 2. The Kier molecular flexibility index (Phi) is 2.78. The van der Waals surface area contributed by atoms with Gasteiger partial charge in [-0.25, -0.2) is 4.39 Å². The smallest absolute Gasteiger partial charge is 0.154 e. The first kappa shape index (κ1) is 11.1. The molecule has 0 saturated carbocycles. The highest BCUT2D eigenvalue weighted by molar-refractivity contribution is 5.79. The third-order valence-electron chi connectivity index (χ3n) is 2.29. The van der Waals surface area contributed by atoms with E-state index in [1.807, 2.05) is 0 Å². The van der Waals surface area contributed by atoms with Crippen LogP contribution < -0.4 is 16.2 Å². The molecule has 0 saturated heterocycles. The van der Waals surface area contributed by atoms with Gasteiger partial charge in [-0.3, -0.25) is 0 Å². The molecule has 1 heterocycles. The van der Waals surface area contributed by atoms with Gasteiger partial charge < -0.3 is 16.2 Å². The van der Waals surface area contributed by atoms with E-state index in [-0.39, 0.29) is 11.6 Å². The second-order valence-electron chi connectivity index (χ2n) is 3.41. The zero-order valence-electron chi connectivity index (χ0n) is 9.14. The molecule has 0 atom stereocenters. The van der Waals surface area contributed by atoms with Crippen LogP contribution in [0.4, 0.5) is 16.0 Å². The number of aromatic nitrogens is 2. The number of benzene rings is 1. The fourth-order valence-electron chi connectivity index (χ4n) is 1.52. The second-order valence-corrected chi connectivity index (χ2v) is 3.41. The van der Waals surface area contributed by atoms with E-state index in [1.54, 1.807) is 0 Å². The van der Waals surface area contributed by atoms with Gasteiger partial charge in [-0.1, -0.05) is 0 Å². The quantitative estimate of drug-likeness (QED) is 0.821. The summed E-state index contributed by atoms with van der Waals surface area (Å²) in [6, 6.07) is 5.66. The molecule has 88 valence electrons. The predicted octanol–water partition coefficient (Wildman–Crippen LogP) is 1.46. The van der Waals surface area contributed by atoms with Crippen molar-refractivity contribution in [2.24, 2.45) is 0 Å². The van der Waals surface area contributed by atoms with Gasteiger partial charge in [-0.05, 0) is 24.3 Å². The molecule has 4 N–H and O–H groups in total. The average molecular weight is 234 g/mol. The summed E-state index contributed by atoms with van der Waals surface area (Å²) in [5, 5.41) is 7.30. The van der Waals surface area contributed by atoms with E-state index in [0.29, 0.717) is 16.9 Å². The van der Waals surface area contributed by atoms with Crippen molar-refractivity contribution >= 4 is 11.6 Å². The summed E-state index contributed by atoms with van der Waals surface area (Å²) in [6.07, 6.45) is 0. The van der Waals surface area contributed by atoms with E-state index in [4.69, 9.17) is 16.2 Å². The Balaban J connectivity index is 2.66. The van der Waals surface area contributed by atoms with Crippen molar-refractivity contribution in [1.82, 2.24) is 10.2 Å². The Labute approximate surface area is 97.2 Å². The maximum Gasteiger partial charge on any atom is 0.154 e. The van der Waals surface area contributed by atoms with Crippen LogP contribution >= 0.6 is 0 Å². The van der Waals surface area contributed by atoms with Gasteiger partial charge >= 0.3 is 0 Å². The molecule has 5 nitrogen and oxygen atoms in total. The Hall–Kier alpha value is -2.37. The fourth-order valence-corrected chi connectivity index (χ4v) is 1.52. The predicted molar refractivity (Wildman–Crippen MR) is 62.8 cm³/mol. The van der Waals surface area contributed by atoms with Gasteiger partial charge in [-0.15, -0.1) is 10.2 Å². The topological polar surface area (TPSA) is 87.0 Å². The Morgan fingerprint density at radius 1 is 1.12 bits per heavy atom. The molecule has 2 rings (SSSR count). The Bertz CT molecular complexity index is 559. The van der Waals surface area contributed by atoms with E-state index in [1.165, 1.54) is 31.4 Å². The van der Waals surface area contributed by atoms with Crippen LogP contribution in [0.25, 0.3) is 11.1 Å². The highest BCUT2D eigenvalue weighted by Gasteiger charge is 2.12. The molecule has 17 heavy (non-hydrogen) atoms. The summed E-state index contributed by atoms with van der Waals surface area (Å²) in [7, 11) is 1.49. The molecule has 1 aromatic carbocycles. The minimum atomic E-state index is -0.393. The van der Waals surface area contributed by atoms with E-state index < -0.39 is 5.82 Å². The molecule has 6 heteroatoms. The fraction of sp³-hybridized carbons (Fsp3) is 0.0909. The number of rotatable bonds is 2. The van der Waals surface area contributed by atoms with Crippen LogP contribution in [0.1, 0.15) is 0 Å². The lowest BCUT2D eigenvalue weighted by molar-refractivity contribution is 0.415. The summed E-state index contributed by atoms with van der Waals surface area (Å²) >= 11 is 0. The summed E-state index contributed by atoms with van der Waals surface area (Å²) in [4.78, 5) is 0. The largest absolute Gasteiger partial charge is 0.496 e. The standard InChI is InChI=1S/C11H11FN4O/c1-17-9-3-2-6(12)4-7(9)8-5-10(13)15-16-11(8)14/h2-5H,1H3,(H2,13,15)(H2,14,16). The summed E-state index contributed by atoms with van der Waals surface area (Å²) in [6.45, 7) is 0. The minimum Gasteiger partial charge on any atom is -0.496 e. The molecule has 0 bridgehead atoms. The van der Waals surface area contributed by atoms with E-state index in [9.17, 15) is 4.39 Å². The van der Waals surface area contributed by atoms with E-state index in [2.05, 4.69) is 10.2 Å². The van der Waals surface area contributed by atoms with Crippen molar-refractivity contribution in [3.8, 4) is 16.9 Å². The number of ether oxygens (including phenoxy) is 1. The van der Waals surface area contributed by atoms with Crippen LogP contribution in [-0.2, 0) is 0 Å². The van der Waals surface area contributed by atoms with Crippen molar-refractivity contribution in [3.63, 3.8) is 0 Å². The molecule has 1 aromatic heterocycles. The molecule has 0 unspecified atom stereocenters. The lowest BCUT2D eigenvalue weighted by Gasteiger charge is -2.10. The summed E-state index contributed by atoms with van der Waals surface area (Å²) in [5.41, 5.74) is 12.2. The first-order chi connectivity index (χ1) is 8.11. The van der Waals surface area contributed by atoms with Gasteiger partial charge in [0.05, 0.1) is 7.11 Å². The maximum absolute atomic E-state index is 13.2. The average Bonchev–Trinajstić information content (AvgIpc) is 2.32. The van der Waals surface area contributed by atoms with Crippen LogP contribution in [0, 0.1) is 5.82 Å². The SMILES string of the molecule is COc1ccc(F)cc1-c1cc(N)nnc1N. The number of hydrogen-bond donors (Lipinski definition) is 2. The molecule has 2 aromatic rings. The number of methoxy groups -OCH3 is 1. The van der Waals surface area contributed by atoms with Crippen molar-refractivity contribution in [3.05, 3.63) is 30.1 Å². The van der Waals surface area contributed by atoms with Gasteiger partial charge in [0.1, 0.15) is 17.4 Å². The van der Waals surface area contributed by atoms with E-state index >= 15 is 0 Å². The zero-order valence-corrected chi connectivity index (χ0v) is 9.14. The first-order valence-corrected chi connectivity index (χ1v) is 4.84. The lowest BCUT2D eigenvalue weighted by Crippen LogP contribution is -2.01. The molecular weight excluding hydrogens is 223 g/mol. The molecule has 0 radical (unpaired) electrons.